The van der Waals surface area contributed by atoms with Crippen LogP contribution in [0.2, 0.25) is 0 Å². The minimum Gasteiger partial charge on any atom is -0.327 e. The summed E-state index contributed by atoms with van der Waals surface area (Å²) in [5, 5.41) is 7.61. The Labute approximate surface area is 166 Å². The summed E-state index contributed by atoms with van der Waals surface area (Å²) in [5.74, 6) is -0.291. The molecule has 1 saturated heterocycles. The average Bonchev–Trinajstić information content (AvgIpc) is 3.36. The lowest BCUT2D eigenvalue weighted by atomic mass is 9.95. The van der Waals surface area contributed by atoms with Gasteiger partial charge < -0.3 is 9.47 Å². The monoisotopic (exact) mass is 386 g/mol. The molecule has 0 radical (unpaired) electrons. The number of hydrogen-bond donors (Lipinski definition) is 1. The third-order valence-corrected chi connectivity index (χ3v) is 5.39. The van der Waals surface area contributed by atoms with Gasteiger partial charge in [0.15, 0.2) is 0 Å². The van der Waals surface area contributed by atoms with E-state index in [0.717, 1.165) is 16.6 Å². The Balaban J connectivity index is 1.45. The minimum absolute atomic E-state index is 0.121. The maximum Gasteiger partial charge on any atom is 0.271 e. The lowest BCUT2D eigenvalue weighted by Crippen LogP contribution is -2.55. The van der Waals surface area contributed by atoms with Gasteiger partial charge in [-0.05, 0) is 36.8 Å². The number of amides is 1. The van der Waals surface area contributed by atoms with Gasteiger partial charge in [-0.25, -0.2) is 4.98 Å². The van der Waals surface area contributed by atoms with Crippen LogP contribution in [-0.2, 0) is 7.05 Å². The topological polar surface area (TPSA) is 96.8 Å². The first kappa shape index (κ1) is 17.3. The highest BCUT2D eigenvalue weighted by atomic mass is 16.2. The highest BCUT2D eigenvalue weighted by Gasteiger charge is 2.39. The first-order valence-corrected chi connectivity index (χ1v) is 9.35. The number of Topliss-reactive ketones (excluding diaryl/α,β-unsaturated/α-hetero) is 1. The molecule has 5 heterocycles. The second-order valence-corrected chi connectivity index (χ2v) is 7.07. The van der Waals surface area contributed by atoms with E-state index < -0.39 is 6.04 Å². The Kier molecular flexibility index (Phi) is 3.97. The molecule has 5 rings (SSSR count). The molecule has 144 valence electrons. The first-order valence-electron chi connectivity index (χ1n) is 9.35. The van der Waals surface area contributed by atoms with Gasteiger partial charge in [0.05, 0.1) is 17.9 Å². The Hall–Kier alpha value is -3.81. The summed E-state index contributed by atoms with van der Waals surface area (Å²) in [6.45, 7) is 0.553. The van der Waals surface area contributed by atoms with Crippen LogP contribution in [0.5, 0.6) is 0 Å². The normalized spacial score (nSPS) is 16.0. The van der Waals surface area contributed by atoms with Crippen molar-refractivity contribution in [3.8, 4) is 11.3 Å². The van der Waals surface area contributed by atoms with Crippen molar-refractivity contribution in [3.63, 3.8) is 0 Å². The molecule has 1 atom stereocenters. The van der Waals surface area contributed by atoms with Crippen molar-refractivity contribution in [1.29, 1.82) is 0 Å². The van der Waals surface area contributed by atoms with Gasteiger partial charge >= 0.3 is 0 Å². The fourth-order valence-corrected chi connectivity index (χ4v) is 3.68. The average molecular weight is 386 g/mol. The molecule has 4 aromatic heterocycles. The van der Waals surface area contributed by atoms with E-state index in [1.165, 1.54) is 0 Å². The molecule has 8 nitrogen and oxygen atoms in total. The van der Waals surface area contributed by atoms with Crippen LogP contribution in [0.3, 0.4) is 0 Å². The number of aromatic amines is 1. The molecule has 29 heavy (non-hydrogen) atoms. The maximum absolute atomic E-state index is 13.2. The number of aromatic nitrogens is 5. The number of aryl methyl sites for hydroxylation is 1. The molecule has 1 fully saturated rings. The molecule has 8 heteroatoms. The van der Waals surface area contributed by atoms with Crippen molar-refractivity contribution in [2.24, 2.45) is 7.05 Å². The summed E-state index contributed by atoms with van der Waals surface area (Å²) in [7, 11) is 1.82. The standard InChI is InChI=1S/C21H18N6O2/c1-26-18(10-13-5-6-15(25-20(13)26)14-11-23-24-12-14)21(29)27-9-7-17(27)19(28)16-4-2-3-8-22-16/h2-6,8,10-12,17H,7,9H2,1H3,(H,23,24). The van der Waals surface area contributed by atoms with Crippen molar-refractivity contribution < 1.29 is 9.59 Å². The summed E-state index contributed by atoms with van der Waals surface area (Å²) in [4.78, 5) is 36.3. The van der Waals surface area contributed by atoms with Crippen LogP contribution in [0.4, 0.5) is 0 Å². The number of nitrogens with zero attached hydrogens (tertiary/aromatic N) is 5. The zero-order valence-electron chi connectivity index (χ0n) is 15.7. The number of carbonyl (C=O) groups is 2. The van der Waals surface area contributed by atoms with Gasteiger partial charge in [-0.2, -0.15) is 5.10 Å². The van der Waals surface area contributed by atoms with Gasteiger partial charge in [0.1, 0.15) is 17.0 Å². The Morgan fingerprint density at radius 2 is 2.10 bits per heavy atom. The molecule has 1 aliphatic heterocycles. The number of ketones is 1. The Morgan fingerprint density at radius 1 is 1.21 bits per heavy atom. The van der Waals surface area contributed by atoms with E-state index in [1.54, 1.807) is 46.3 Å². The van der Waals surface area contributed by atoms with Crippen molar-refractivity contribution in [2.45, 2.75) is 12.5 Å². The SMILES string of the molecule is Cn1c(C(=O)N2CCC2C(=O)c2ccccn2)cc2ccc(-c3cn[nH]c3)nc21. The van der Waals surface area contributed by atoms with Crippen molar-refractivity contribution in [2.75, 3.05) is 6.54 Å². The maximum atomic E-state index is 13.2. The van der Waals surface area contributed by atoms with E-state index in [2.05, 4.69) is 20.2 Å². The van der Waals surface area contributed by atoms with Gasteiger partial charge in [-0.3, -0.25) is 19.7 Å². The molecular weight excluding hydrogens is 368 g/mol. The van der Waals surface area contributed by atoms with Crippen molar-refractivity contribution >= 4 is 22.7 Å². The minimum atomic E-state index is -0.468. The van der Waals surface area contributed by atoms with Gasteiger partial charge in [0, 0.05) is 36.9 Å². The molecule has 1 amide bonds. The van der Waals surface area contributed by atoms with E-state index in [4.69, 9.17) is 0 Å². The molecule has 4 aromatic rings. The quantitative estimate of drug-likeness (QED) is 0.544. The number of H-pyrrole nitrogens is 1. The van der Waals surface area contributed by atoms with Crippen LogP contribution in [0, 0.1) is 0 Å². The van der Waals surface area contributed by atoms with Gasteiger partial charge in [0.25, 0.3) is 5.91 Å². The highest BCUT2D eigenvalue weighted by molar-refractivity contribution is 6.05. The lowest BCUT2D eigenvalue weighted by Gasteiger charge is -2.39. The first-order chi connectivity index (χ1) is 14.1. The van der Waals surface area contributed by atoms with E-state index in [0.29, 0.717) is 30.0 Å². The Bertz CT molecular complexity index is 1210. The number of hydrogen-bond acceptors (Lipinski definition) is 5. The second-order valence-electron chi connectivity index (χ2n) is 7.07. The fraction of sp³-hybridized carbons (Fsp3) is 0.190. The predicted molar refractivity (Wildman–Crippen MR) is 106 cm³/mol. The third-order valence-electron chi connectivity index (χ3n) is 5.39. The lowest BCUT2D eigenvalue weighted by molar-refractivity contribution is 0.0405. The molecule has 0 saturated carbocycles. The van der Waals surface area contributed by atoms with Gasteiger partial charge in [0.2, 0.25) is 5.78 Å². The van der Waals surface area contributed by atoms with E-state index in [9.17, 15) is 9.59 Å². The number of nitrogens with one attached hydrogen (secondary N) is 1. The van der Waals surface area contributed by atoms with Crippen molar-refractivity contribution in [3.05, 3.63) is 66.4 Å². The predicted octanol–water partition coefficient (Wildman–Crippen LogP) is 2.46. The van der Waals surface area contributed by atoms with Crippen LogP contribution in [0.1, 0.15) is 27.4 Å². The Morgan fingerprint density at radius 3 is 2.79 bits per heavy atom. The second kappa shape index (κ2) is 6.66. The number of carbonyl (C=O) groups excluding carboxylic acids is 2. The molecule has 0 aromatic carbocycles. The molecule has 0 aliphatic carbocycles. The van der Waals surface area contributed by atoms with Crippen LogP contribution in [0.25, 0.3) is 22.3 Å². The molecular formula is C21H18N6O2. The van der Waals surface area contributed by atoms with E-state index >= 15 is 0 Å². The number of pyridine rings is 2. The fourth-order valence-electron chi connectivity index (χ4n) is 3.68. The number of rotatable bonds is 4. The van der Waals surface area contributed by atoms with Crippen LogP contribution < -0.4 is 0 Å². The van der Waals surface area contributed by atoms with Gasteiger partial charge in [-0.15, -0.1) is 0 Å². The van der Waals surface area contributed by atoms with Crippen LogP contribution >= 0.6 is 0 Å². The zero-order chi connectivity index (χ0) is 20.0. The molecule has 0 bridgehead atoms. The summed E-state index contributed by atoms with van der Waals surface area (Å²) < 4.78 is 1.78. The van der Waals surface area contributed by atoms with Crippen LogP contribution in [-0.4, -0.2) is 53.9 Å². The van der Waals surface area contributed by atoms with Crippen molar-refractivity contribution in [1.82, 2.24) is 29.6 Å². The zero-order valence-corrected chi connectivity index (χ0v) is 15.7. The van der Waals surface area contributed by atoms with Gasteiger partial charge in [-0.1, -0.05) is 6.07 Å². The van der Waals surface area contributed by atoms with E-state index in [1.807, 2.05) is 25.2 Å². The highest BCUT2D eigenvalue weighted by Crippen LogP contribution is 2.27. The number of likely N-dealkylation sites (tertiary alicyclic amines) is 1. The molecule has 0 spiro atoms. The number of fused-ring (bicyclic) bond motifs is 1. The summed E-state index contributed by atoms with van der Waals surface area (Å²) in [5.41, 5.74) is 3.26. The molecule has 1 aliphatic rings. The summed E-state index contributed by atoms with van der Waals surface area (Å²) >= 11 is 0. The largest absolute Gasteiger partial charge is 0.327 e. The summed E-state index contributed by atoms with van der Waals surface area (Å²) in [6.07, 6.45) is 5.72. The molecule has 1 unspecified atom stereocenters. The third kappa shape index (κ3) is 2.80. The van der Waals surface area contributed by atoms with E-state index in [-0.39, 0.29) is 11.7 Å². The smallest absolute Gasteiger partial charge is 0.271 e. The van der Waals surface area contributed by atoms with Crippen LogP contribution in [0.15, 0.2) is 55.0 Å². The summed E-state index contributed by atoms with van der Waals surface area (Å²) in [6, 6.07) is 10.4. The molecule has 1 N–H and O–H groups in total.